The summed E-state index contributed by atoms with van der Waals surface area (Å²) in [6.45, 7) is 5.48. The van der Waals surface area contributed by atoms with Crippen LogP contribution in [0.2, 0.25) is 0 Å². The summed E-state index contributed by atoms with van der Waals surface area (Å²) in [6, 6.07) is 6.64. The highest BCUT2D eigenvalue weighted by molar-refractivity contribution is 7.09. The third-order valence-corrected chi connectivity index (χ3v) is 4.86. The Bertz CT molecular complexity index is 685. The van der Waals surface area contributed by atoms with Crippen molar-refractivity contribution >= 4 is 17.2 Å². The molecule has 24 heavy (non-hydrogen) atoms. The van der Waals surface area contributed by atoms with Gasteiger partial charge in [-0.1, -0.05) is 18.2 Å². The van der Waals surface area contributed by atoms with Crippen LogP contribution in [0.5, 0.6) is 0 Å². The van der Waals surface area contributed by atoms with Crippen LogP contribution in [-0.4, -0.2) is 55.1 Å². The van der Waals surface area contributed by atoms with Crippen LogP contribution in [-0.2, 0) is 6.42 Å². The Morgan fingerprint density at radius 1 is 1.33 bits per heavy atom. The molecule has 3 rings (SSSR count). The Kier molecular flexibility index (Phi) is 5.90. The van der Waals surface area contributed by atoms with Crippen molar-refractivity contribution in [2.75, 3.05) is 39.3 Å². The van der Waals surface area contributed by atoms with Gasteiger partial charge in [-0.15, -0.1) is 11.3 Å². The van der Waals surface area contributed by atoms with Crippen LogP contribution < -0.4 is 10.6 Å². The van der Waals surface area contributed by atoms with E-state index < -0.39 is 0 Å². The molecule has 0 unspecified atom stereocenters. The highest BCUT2D eigenvalue weighted by Crippen LogP contribution is 2.17. The topological polar surface area (TPSA) is 57.3 Å². The smallest absolute Gasteiger partial charge is 0.270 e. The van der Waals surface area contributed by atoms with Crippen molar-refractivity contribution in [3.05, 3.63) is 51.7 Å². The molecule has 7 heteroatoms. The van der Waals surface area contributed by atoms with E-state index in [0.29, 0.717) is 24.2 Å². The quantitative estimate of drug-likeness (QED) is 0.831. The summed E-state index contributed by atoms with van der Waals surface area (Å²) < 4.78 is 13.7. The molecule has 0 radical (unpaired) electrons. The maximum Gasteiger partial charge on any atom is 0.270 e. The monoisotopic (exact) mass is 348 g/mol. The van der Waals surface area contributed by atoms with Crippen molar-refractivity contribution in [2.45, 2.75) is 6.42 Å². The Morgan fingerprint density at radius 2 is 2.12 bits per heavy atom. The molecular formula is C17H21FN4OS. The molecular weight excluding hydrogens is 327 g/mol. The van der Waals surface area contributed by atoms with Gasteiger partial charge in [-0.05, 0) is 11.6 Å². The van der Waals surface area contributed by atoms with Gasteiger partial charge in [0.15, 0.2) is 0 Å². The summed E-state index contributed by atoms with van der Waals surface area (Å²) in [5, 5.41) is 8.68. The molecule has 0 atom stereocenters. The fraction of sp³-hybridized carbons (Fsp3) is 0.412. The van der Waals surface area contributed by atoms with E-state index in [2.05, 4.69) is 20.5 Å². The zero-order valence-corrected chi connectivity index (χ0v) is 14.2. The molecule has 128 valence electrons. The Balaban J connectivity index is 1.49. The third-order valence-electron chi connectivity index (χ3n) is 4.01. The van der Waals surface area contributed by atoms with Gasteiger partial charge in [-0.25, -0.2) is 9.37 Å². The highest BCUT2D eigenvalue weighted by Gasteiger charge is 2.13. The molecule has 2 aromatic rings. The number of hydrogen-bond acceptors (Lipinski definition) is 5. The standard InChI is InChI=1S/C17H21FN4OS/c18-14-4-2-1-3-13(14)11-16-21-15(12-24-16)17(23)20-7-10-22-8-5-19-6-9-22/h1-4,12,19H,5-11H2,(H,20,23). The Labute approximate surface area is 144 Å². The van der Waals surface area contributed by atoms with Crippen LogP contribution in [0.15, 0.2) is 29.6 Å². The molecule has 0 aliphatic carbocycles. The summed E-state index contributed by atoms with van der Waals surface area (Å²) in [5.74, 6) is -0.407. The van der Waals surface area contributed by atoms with E-state index in [-0.39, 0.29) is 11.7 Å². The largest absolute Gasteiger partial charge is 0.349 e. The first kappa shape index (κ1) is 17.0. The fourth-order valence-corrected chi connectivity index (χ4v) is 3.45. The minimum atomic E-state index is -0.241. The average molecular weight is 348 g/mol. The number of carbonyl (C=O) groups excluding carboxylic acids is 1. The molecule has 0 bridgehead atoms. The normalized spacial score (nSPS) is 15.4. The molecule has 1 aromatic carbocycles. The predicted octanol–water partition coefficient (Wildman–Crippen LogP) is 1.51. The Morgan fingerprint density at radius 3 is 2.92 bits per heavy atom. The number of piperazine rings is 1. The Hall–Kier alpha value is -1.83. The van der Waals surface area contributed by atoms with E-state index in [1.54, 1.807) is 23.6 Å². The molecule has 2 N–H and O–H groups in total. The summed E-state index contributed by atoms with van der Waals surface area (Å²) in [7, 11) is 0. The van der Waals surface area contributed by atoms with E-state index in [1.165, 1.54) is 17.4 Å². The predicted molar refractivity (Wildman–Crippen MR) is 93.0 cm³/mol. The van der Waals surface area contributed by atoms with Crippen molar-refractivity contribution in [3.63, 3.8) is 0 Å². The fourth-order valence-electron chi connectivity index (χ4n) is 2.65. The number of nitrogens with zero attached hydrogens (tertiary/aromatic N) is 2. The number of benzene rings is 1. The van der Waals surface area contributed by atoms with Crippen LogP contribution >= 0.6 is 11.3 Å². The number of thiazole rings is 1. The van der Waals surface area contributed by atoms with Gasteiger partial charge in [-0.3, -0.25) is 9.69 Å². The zero-order chi connectivity index (χ0) is 16.8. The lowest BCUT2D eigenvalue weighted by atomic mass is 10.1. The van der Waals surface area contributed by atoms with Gasteiger partial charge in [0.1, 0.15) is 11.5 Å². The van der Waals surface area contributed by atoms with E-state index in [9.17, 15) is 9.18 Å². The van der Waals surface area contributed by atoms with Crippen molar-refractivity contribution < 1.29 is 9.18 Å². The number of rotatable bonds is 6. The van der Waals surface area contributed by atoms with Gasteiger partial charge in [0.05, 0.1) is 5.01 Å². The van der Waals surface area contributed by atoms with E-state index >= 15 is 0 Å². The number of nitrogens with one attached hydrogen (secondary N) is 2. The second kappa shape index (κ2) is 8.32. The van der Waals surface area contributed by atoms with Crippen molar-refractivity contribution in [1.82, 2.24) is 20.5 Å². The van der Waals surface area contributed by atoms with Crippen LogP contribution in [0.3, 0.4) is 0 Å². The van der Waals surface area contributed by atoms with Gasteiger partial charge < -0.3 is 10.6 Å². The molecule has 2 heterocycles. The van der Waals surface area contributed by atoms with Crippen molar-refractivity contribution in [3.8, 4) is 0 Å². The second-order valence-electron chi connectivity index (χ2n) is 5.74. The summed E-state index contributed by atoms with van der Waals surface area (Å²) in [5.41, 5.74) is 1.00. The van der Waals surface area contributed by atoms with Crippen molar-refractivity contribution in [2.24, 2.45) is 0 Å². The van der Waals surface area contributed by atoms with Crippen LogP contribution in [0.25, 0.3) is 0 Å². The highest BCUT2D eigenvalue weighted by atomic mass is 32.1. The first-order valence-electron chi connectivity index (χ1n) is 8.11. The number of halogens is 1. The molecule has 1 aromatic heterocycles. The molecule has 1 saturated heterocycles. The van der Waals surface area contributed by atoms with E-state index in [4.69, 9.17) is 0 Å². The SMILES string of the molecule is O=C(NCCN1CCNCC1)c1csc(Cc2ccccc2F)n1. The maximum atomic E-state index is 13.7. The molecule has 1 amide bonds. The van der Waals surface area contributed by atoms with Gasteiger partial charge in [-0.2, -0.15) is 0 Å². The number of amides is 1. The minimum absolute atomic E-state index is 0.166. The molecule has 0 saturated carbocycles. The molecule has 1 fully saturated rings. The van der Waals surface area contributed by atoms with Gasteiger partial charge in [0, 0.05) is 51.1 Å². The molecule has 1 aliphatic heterocycles. The molecule has 5 nitrogen and oxygen atoms in total. The average Bonchev–Trinajstić information content (AvgIpc) is 3.07. The van der Waals surface area contributed by atoms with Gasteiger partial charge >= 0.3 is 0 Å². The second-order valence-corrected chi connectivity index (χ2v) is 6.68. The zero-order valence-electron chi connectivity index (χ0n) is 13.4. The minimum Gasteiger partial charge on any atom is -0.349 e. The van der Waals surface area contributed by atoms with Crippen LogP contribution in [0.4, 0.5) is 4.39 Å². The van der Waals surface area contributed by atoms with Crippen molar-refractivity contribution in [1.29, 1.82) is 0 Å². The first-order chi connectivity index (χ1) is 11.7. The number of aromatic nitrogens is 1. The lowest BCUT2D eigenvalue weighted by Gasteiger charge is -2.26. The van der Waals surface area contributed by atoms with E-state index in [0.717, 1.165) is 37.7 Å². The van der Waals surface area contributed by atoms with Crippen LogP contribution in [0, 0.1) is 5.82 Å². The van der Waals surface area contributed by atoms with Gasteiger partial charge in [0.25, 0.3) is 5.91 Å². The first-order valence-corrected chi connectivity index (χ1v) is 8.99. The lowest BCUT2D eigenvalue weighted by molar-refractivity contribution is 0.0943. The van der Waals surface area contributed by atoms with Gasteiger partial charge in [0.2, 0.25) is 0 Å². The molecule has 1 aliphatic rings. The summed E-state index contributed by atoms with van der Waals surface area (Å²) in [6.07, 6.45) is 0.408. The summed E-state index contributed by atoms with van der Waals surface area (Å²) in [4.78, 5) is 18.8. The lowest BCUT2D eigenvalue weighted by Crippen LogP contribution is -2.46. The number of carbonyl (C=O) groups is 1. The molecule has 0 spiro atoms. The third kappa shape index (κ3) is 4.59. The van der Waals surface area contributed by atoms with E-state index in [1.807, 2.05) is 0 Å². The summed E-state index contributed by atoms with van der Waals surface area (Å²) >= 11 is 1.39. The maximum absolute atomic E-state index is 13.7. The number of hydrogen-bond donors (Lipinski definition) is 2. The van der Waals surface area contributed by atoms with Crippen LogP contribution in [0.1, 0.15) is 21.1 Å².